The summed E-state index contributed by atoms with van der Waals surface area (Å²) in [6.45, 7) is 0. The van der Waals surface area contributed by atoms with Crippen LogP contribution in [0.2, 0.25) is 0 Å². The lowest BCUT2D eigenvalue weighted by Gasteiger charge is -2.03. The first-order valence-corrected chi connectivity index (χ1v) is 4.62. The van der Waals surface area contributed by atoms with Gasteiger partial charge in [-0.2, -0.15) is 30.1 Å². The summed E-state index contributed by atoms with van der Waals surface area (Å²) in [6.07, 6.45) is 2.30. The number of anilines is 2. The molecule has 4 N–H and O–H groups in total. The molecule has 2 heterocycles. The molecule has 0 saturated carbocycles. The highest BCUT2D eigenvalue weighted by molar-refractivity contribution is 5.84. The minimum Gasteiger partial charge on any atom is -0.382 e. The monoisotopic (exact) mass is 242 g/mol. The average molecular weight is 242 g/mol. The highest BCUT2D eigenvalue weighted by Crippen LogP contribution is 2.13. The molecule has 0 fully saturated rings. The van der Waals surface area contributed by atoms with Crippen molar-refractivity contribution in [2.45, 2.75) is 0 Å². The third kappa shape index (κ3) is 1.44. The van der Waals surface area contributed by atoms with Gasteiger partial charge in [0, 0.05) is 0 Å². The van der Waals surface area contributed by atoms with Crippen molar-refractivity contribution in [2.24, 2.45) is 0 Å². The van der Waals surface area contributed by atoms with Gasteiger partial charge in [-0.05, 0) is 0 Å². The van der Waals surface area contributed by atoms with Crippen LogP contribution in [-0.4, -0.2) is 25.6 Å². The SMILES string of the molecule is N#Cc1cnn(C(=O)n2ncc(C#N)c2N)c1N. The first-order valence-electron chi connectivity index (χ1n) is 4.62. The smallest absolute Gasteiger partial charge is 0.373 e. The Balaban J connectivity index is 2.49. The average Bonchev–Trinajstić information content (AvgIpc) is 2.91. The normalized spacial score (nSPS) is 9.67. The molecule has 0 spiro atoms. The zero-order valence-corrected chi connectivity index (χ0v) is 8.90. The maximum Gasteiger partial charge on any atom is 0.373 e. The van der Waals surface area contributed by atoms with E-state index in [1.807, 2.05) is 0 Å². The number of carbonyl (C=O) groups is 1. The molecule has 0 atom stereocenters. The van der Waals surface area contributed by atoms with E-state index in [1.54, 1.807) is 12.1 Å². The minimum absolute atomic E-state index is 0.0644. The van der Waals surface area contributed by atoms with Crippen molar-refractivity contribution in [3.05, 3.63) is 23.5 Å². The molecule has 18 heavy (non-hydrogen) atoms. The molecule has 2 aromatic heterocycles. The second kappa shape index (κ2) is 3.92. The summed E-state index contributed by atoms with van der Waals surface area (Å²) in [5.41, 5.74) is 11.2. The Bertz CT molecular complexity index is 650. The van der Waals surface area contributed by atoms with Crippen molar-refractivity contribution < 1.29 is 4.79 Å². The predicted molar refractivity (Wildman–Crippen MR) is 58.9 cm³/mol. The van der Waals surface area contributed by atoms with Crippen LogP contribution in [0.1, 0.15) is 11.1 Å². The van der Waals surface area contributed by atoms with E-state index in [4.69, 9.17) is 22.0 Å². The Morgan fingerprint density at radius 2 is 1.44 bits per heavy atom. The number of nitrogens with two attached hydrogens (primary N) is 2. The Hall–Kier alpha value is -3.33. The number of hydrogen-bond acceptors (Lipinski definition) is 7. The summed E-state index contributed by atoms with van der Waals surface area (Å²) in [7, 11) is 0. The summed E-state index contributed by atoms with van der Waals surface area (Å²) >= 11 is 0. The molecule has 0 aliphatic heterocycles. The van der Waals surface area contributed by atoms with Crippen LogP contribution in [0.5, 0.6) is 0 Å². The molecular formula is C9H6N8O. The Morgan fingerprint density at radius 3 is 1.72 bits per heavy atom. The first kappa shape index (κ1) is 11.2. The summed E-state index contributed by atoms with van der Waals surface area (Å²) < 4.78 is 1.56. The molecule has 9 nitrogen and oxygen atoms in total. The fourth-order valence-electron chi connectivity index (χ4n) is 1.28. The molecule has 0 aliphatic carbocycles. The molecule has 0 radical (unpaired) electrons. The third-order valence-electron chi connectivity index (χ3n) is 2.22. The van der Waals surface area contributed by atoms with E-state index < -0.39 is 6.03 Å². The van der Waals surface area contributed by atoms with Crippen molar-refractivity contribution in [3.63, 3.8) is 0 Å². The standard InChI is InChI=1S/C9H6N8O/c10-1-5-3-14-16(7(5)12)9(18)17-8(13)6(2-11)4-15-17/h3-4H,12-13H2. The molecule has 2 aromatic rings. The number of rotatable bonds is 0. The van der Waals surface area contributed by atoms with Gasteiger partial charge in [0.1, 0.15) is 34.9 Å². The van der Waals surface area contributed by atoms with Crippen LogP contribution in [0.4, 0.5) is 16.4 Å². The lowest BCUT2D eigenvalue weighted by atomic mass is 10.4. The molecule has 88 valence electrons. The van der Waals surface area contributed by atoms with Crippen molar-refractivity contribution in [3.8, 4) is 12.1 Å². The summed E-state index contributed by atoms with van der Waals surface area (Å²) in [6, 6.07) is 2.79. The van der Waals surface area contributed by atoms with Crippen molar-refractivity contribution >= 4 is 17.7 Å². The minimum atomic E-state index is -0.770. The lowest BCUT2D eigenvalue weighted by molar-refractivity contribution is 0.239. The quantitative estimate of drug-likeness (QED) is 0.631. The Labute approximate surface area is 100 Å². The highest BCUT2D eigenvalue weighted by Gasteiger charge is 2.19. The third-order valence-corrected chi connectivity index (χ3v) is 2.22. The van der Waals surface area contributed by atoms with E-state index in [-0.39, 0.29) is 22.8 Å². The van der Waals surface area contributed by atoms with Crippen LogP contribution in [0.25, 0.3) is 0 Å². The molecule has 0 amide bonds. The van der Waals surface area contributed by atoms with Gasteiger partial charge in [0.05, 0.1) is 12.4 Å². The van der Waals surface area contributed by atoms with Crippen LogP contribution in [0.15, 0.2) is 12.4 Å². The number of nitrogens with zero attached hydrogens (tertiary/aromatic N) is 6. The summed E-state index contributed by atoms with van der Waals surface area (Å²) in [5.74, 6) is -0.230. The number of nitrogen functional groups attached to an aromatic ring is 2. The van der Waals surface area contributed by atoms with Gasteiger partial charge in [-0.3, -0.25) is 0 Å². The van der Waals surface area contributed by atoms with E-state index in [0.717, 1.165) is 21.8 Å². The van der Waals surface area contributed by atoms with Gasteiger partial charge in [0.15, 0.2) is 0 Å². The van der Waals surface area contributed by atoms with E-state index in [0.29, 0.717) is 0 Å². The van der Waals surface area contributed by atoms with E-state index in [9.17, 15) is 4.79 Å². The van der Waals surface area contributed by atoms with Crippen molar-refractivity contribution in [2.75, 3.05) is 11.5 Å². The number of nitriles is 2. The van der Waals surface area contributed by atoms with Crippen LogP contribution >= 0.6 is 0 Å². The molecular weight excluding hydrogens is 236 g/mol. The molecule has 0 aliphatic rings. The van der Waals surface area contributed by atoms with Gasteiger partial charge >= 0.3 is 6.03 Å². The number of carbonyl (C=O) groups excluding carboxylic acids is 1. The van der Waals surface area contributed by atoms with Crippen LogP contribution in [-0.2, 0) is 0 Å². The fraction of sp³-hybridized carbons (Fsp3) is 0. The van der Waals surface area contributed by atoms with Crippen LogP contribution in [0, 0.1) is 22.7 Å². The van der Waals surface area contributed by atoms with E-state index >= 15 is 0 Å². The molecule has 9 heteroatoms. The number of aromatic nitrogens is 4. The zero-order chi connectivity index (χ0) is 13.3. The number of hydrogen-bond donors (Lipinski definition) is 2. The summed E-state index contributed by atoms with van der Waals surface area (Å²) in [5, 5.41) is 24.7. The maximum absolute atomic E-state index is 12.0. The highest BCUT2D eigenvalue weighted by atomic mass is 16.2. The van der Waals surface area contributed by atoms with Gasteiger partial charge in [0.25, 0.3) is 0 Å². The van der Waals surface area contributed by atoms with Gasteiger partial charge < -0.3 is 11.5 Å². The maximum atomic E-state index is 12.0. The lowest BCUT2D eigenvalue weighted by Crippen LogP contribution is -2.24. The van der Waals surface area contributed by atoms with E-state index in [2.05, 4.69) is 10.2 Å². The van der Waals surface area contributed by atoms with Crippen LogP contribution < -0.4 is 11.5 Å². The van der Waals surface area contributed by atoms with Gasteiger partial charge in [0.2, 0.25) is 0 Å². The van der Waals surface area contributed by atoms with Gasteiger partial charge in [-0.15, -0.1) is 0 Å². The Morgan fingerprint density at radius 1 is 1.06 bits per heavy atom. The van der Waals surface area contributed by atoms with Gasteiger partial charge in [-0.25, -0.2) is 4.79 Å². The van der Waals surface area contributed by atoms with Crippen molar-refractivity contribution in [1.29, 1.82) is 10.5 Å². The van der Waals surface area contributed by atoms with E-state index in [1.165, 1.54) is 0 Å². The second-order valence-corrected chi connectivity index (χ2v) is 3.22. The van der Waals surface area contributed by atoms with Gasteiger partial charge in [-0.1, -0.05) is 0 Å². The molecule has 0 aromatic carbocycles. The largest absolute Gasteiger partial charge is 0.382 e. The second-order valence-electron chi connectivity index (χ2n) is 3.22. The Kier molecular flexibility index (Phi) is 2.43. The predicted octanol–water partition coefficient (Wildman–Crippen LogP) is -0.496. The first-order chi connectivity index (χ1) is 8.60. The molecule has 0 saturated heterocycles. The fourth-order valence-corrected chi connectivity index (χ4v) is 1.28. The molecule has 0 bridgehead atoms. The molecule has 2 rings (SSSR count). The zero-order valence-electron chi connectivity index (χ0n) is 8.90. The topological polar surface area (TPSA) is 152 Å². The van der Waals surface area contributed by atoms with Crippen molar-refractivity contribution in [1.82, 2.24) is 19.6 Å². The summed E-state index contributed by atoms with van der Waals surface area (Å²) in [4.78, 5) is 12.0. The molecule has 0 unspecified atom stereocenters. The van der Waals surface area contributed by atoms with Crippen LogP contribution in [0.3, 0.4) is 0 Å².